The van der Waals surface area contributed by atoms with Gasteiger partial charge < -0.3 is 9.30 Å². The number of aromatic nitrogens is 4. The maximum absolute atomic E-state index is 12.3. The number of methoxy groups -OCH3 is 1. The molecule has 0 saturated carbocycles. The van der Waals surface area contributed by atoms with Crippen LogP contribution >= 0.6 is 15.9 Å². The van der Waals surface area contributed by atoms with E-state index in [1.54, 1.807) is 11.7 Å². The molecule has 0 fully saturated rings. The van der Waals surface area contributed by atoms with Crippen molar-refractivity contribution in [2.24, 2.45) is 7.05 Å². The smallest absolute Gasteiger partial charge is 0.329 e. The quantitative estimate of drug-likeness (QED) is 0.709. The summed E-state index contributed by atoms with van der Waals surface area (Å²) in [7, 11) is 3.03. The molecule has 1 N–H and O–H groups in total. The fraction of sp³-hybridized carbons (Fsp3) is 0.214. The predicted molar refractivity (Wildman–Crippen MR) is 85.4 cm³/mol. The number of hydrogen-bond acceptors (Lipinski definition) is 4. The van der Waals surface area contributed by atoms with E-state index in [1.807, 2.05) is 24.3 Å². The summed E-state index contributed by atoms with van der Waals surface area (Å²) >= 11 is 3.34. The standard InChI is InChI=1S/C14H13BrN4O3/c1-18-12(20)10-11(17-14(18)21)16-13(15)19(10)7-8-4-3-5-9(6-8)22-2/h3-6H,7H2,1-2H3,(H,17,21). The van der Waals surface area contributed by atoms with Crippen LogP contribution in [0.3, 0.4) is 0 Å². The zero-order valence-corrected chi connectivity index (χ0v) is 13.5. The summed E-state index contributed by atoms with van der Waals surface area (Å²) in [5.74, 6) is 0.736. The van der Waals surface area contributed by atoms with E-state index in [0.717, 1.165) is 15.9 Å². The van der Waals surface area contributed by atoms with Gasteiger partial charge in [0.25, 0.3) is 5.56 Å². The van der Waals surface area contributed by atoms with E-state index in [1.165, 1.54) is 7.05 Å². The van der Waals surface area contributed by atoms with Crippen molar-refractivity contribution in [3.8, 4) is 5.75 Å². The summed E-state index contributed by atoms with van der Waals surface area (Å²) in [6.45, 7) is 0.426. The molecule has 3 aromatic rings. The van der Waals surface area contributed by atoms with Gasteiger partial charge in [0, 0.05) is 7.05 Å². The van der Waals surface area contributed by atoms with Crippen LogP contribution < -0.4 is 16.0 Å². The molecule has 0 aliphatic heterocycles. The van der Waals surface area contributed by atoms with Crippen molar-refractivity contribution in [1.82, 2.24) is 19.1 Å². The Hall–Kier alpha value is -2.35. The maximum atomic E-state index is 12.3. The highest BCUT2D eigenvalue weighted by molar-refractivity contribution is 9.10. The van der Waals surface area contributed by atoms with Crippen molar-refractivity contribution in [2.75, 3.05) is 7.11 Å². The van der Waals surface area contributed by atoms with Crippen molar-refractivity contribution in [3.63, 3.8) is 0 Å². The van der Waals surface area contributed by atoms with E-state index in [4.69, 9.17) is 4.74 Å². The molecular formula is C14H13BrN4O3. The molecule has 1 aromatic carbocycles. The first-order valence-electron chi connectivity index (χ1n) is 6.49. The largest absolute Gasteiger partial charge is 0.497 e. The van der Waals surface area contributed by atoms with Gasteiger partial charge in [-0.25, -0.2) is 9.78 Å². The van der Waals surface area contributed by atoms with Crippen molar-refractivity contribution in [2.45, 2.75) is 6.54 Å². The lowest BCUT2D eigenvalue weighted by molar-refractivity contribution is 0.414. The van der Waals surface area contributed by atoms with Crippen molar-refractivity contribution in [1.29, 1.82) is 0 Å². The van der Waals surface area contributed by atoms with Crippen molar-refractivity contribution in [3.05, 3.63) is 55.4 Å². The van der Waals surface area contributed by atoms with Crippen LogP contribution in [0.15, 0.2) is 38.6 Å². The number of fused-ring (bicyclic) bond motifs is 1. The topological polar surface area (TPSA) is 81.9 Å². The molecule has 0 unspecified atom stereocenters. The Balaban J connectivity index is 2.18. The van der Waals surface area contributed by atoms with Gasteiger partial charge in [-0.15, -0.1) is 0 Å². The number of nitrogens with zero attached hydrogens (tertiary/aromatic N) is 3. The monoisotopic (exact) mass is 364 g/mol. The van der Waals surface area contributed by atoms with E-state index in [0.29, 0.717) is 16.8 Å². The van der Waals surface area contributed by atoms with E-state index >= 15 is 0 Å². The van der Waals surface area contributed by atoms with E-state index in [-0.39, 0.29) is 11.2 Å². The second-order valence-electron chi connectivity index (χ2n) is 4.81. The molecule has 0 amide bonds. The van der Waals surface area contributed by atoms with Crippen LogP contribution in [0.1, 0.15) is 5.56 Å². The van der Waals surface area contributed by atoms with Crippen LogP contribution in [0.2, 0.25) is 0 Å². The predicted octanol–water partition coefficient (Wildman–Crippen LogP) is 1.24. The molecule has 8 heteroatoms. The molecule has 0 atom stereocenters. The van der Waals surface area contributed by atoms with E-state index in [9.17, 15) is 9.59 Å². The molecule has 0 aliphatic carbocycles. The third kappa shape index (κ3) is 2.35. The first-order valence-corrected chi connectivity index (χ1v) is 7.28. The normalized spacial score (nSPS) is 11.0. The minimum absolute atomic E-state index is 0.267. The first kappa shape index (κ1) is 14.6. The zero-order valence-electron chi connectivity index (χ0n) is 12.0. The number of imidazole rings is 1. The fourth-order valence-corrected chi connectivity index (χ4v) is 2.74. The lowest BCUT2D eigenvalue weighted by atomic mass is 10.2. The van der Waals surface area contributed by atoms with Gasteiger partial charge in [0.05, 0.1) is 13.7 Å². The van der Waals surface area contributed by atoms with Gasteiger partial charge in [-0.05, 0) is 33.6 Å². The van der Waals surface area contributed by atoms with E-state index in [2.05, 4.69) is 25.9 Å². The molecule has 0 aliphatic rings. The summed E-state index contributed by atoms with van der Waals surface area (Å²) in [6, 6.07) is 7.54. The Kier molecular flexibility index (Phi) is 3.61. The van der Waals surface area contributed by atoms with E-state index < -0.39 is 5.69 Å². The minimum atomic E-state index is -0.490. The number of rotatable bonds is 3. The highest BCUT2D eigenvalue weighted by Gasteiger charge is 2.15. The molecule has 3 rings (SSSR count). The molecule has 2 aromatic heterocycles. The number of hydrogen-bond donors (Lipinski definition) is 1. The molecular weight excluding hydrogens is 352 g/mol. The fourth-order valence-electron chi connectivity index (χ4n) is 2.26. The number of ether oxygens (including phenoxy) is 1. The average molecular weight is 365 g/mol. The number of H-pyrrole nitrogens is 1. The minimum Gasteiger partial charge on any atom is -0.497 e. The third-order valence-corrected chi connectivity index (χ3v) is 4.04. The van der Waals surface area contributed by atoms with Gasteiger partial charge >= 0.3 is 5.69 Å². The summed E-state index contributed by atoms with van der Waals surface area (Å²) < 4.78 is 8.41. The van der Waals surface area contributed by atoms with Gasteiger partial charge in [0.2, 0.25) is 0 Å². The van der Waals surface area contributed by atoms with Crippen LogP contribution in [0.5, 0.6) is 5.75 Å². The molecule has 0 bridgehead atoms. The summed E-state index contributed by atoms with van der Waals surface area (Å²) in [6.07, 6.45) is 0. The van der Waals surface area contributed by atoms with Crippen molar-refractivity contribution < 1.29 is 4.74 Å². The van der Waals surface area contributed by atoms with Crippen molar-refractivity contribution >= 4 is 27.1 Å². The van der Waals surface area contributed by atoms with Gasteiger partial charge in [-0.2, -0.15) is 0 Å². The number of aromatic amines is 1. The number of benzene rings is 1. The lowest BCUT2D eigenvalue weighted by Gasteiger charge is -2.08. The second kappa shape index (κ2) is 5.45. The van der Waals surface area contributed by atoms with Crippen LogP contribution in [0.4, 0.5) is 0 Å². The Morgan fingerprint density at radius 3 is 2.86 bits per heavy atom. The summed E-state index contributed by atoms with van der Waals surface area (Å²) in [5.41, 5.74) is 0.683. The van der Waals surface area contributed by atoms with Crippen LogP contribution in [0, 0.1) is 0 Å². The van der Waals surface area contributed by atoms with Gasteiger partial charge in [0.1, 0.15) is 5.75 Å². The molecule has 0 saturated heterocycles. The Bertz CT molecular complexity index is 970. The van der Waals surface area contributed by atoms with Crippen LogP contribution in [-0.2, 0) is 13.6 Å². The second-order valence-corrected chi connectivity index (χ2v) is 5.52. The van der Waals surface area contributed by atoms with Crippen LogP contribution in [-0.4, -0.2) is 26.2 Å². The van der Waals surface area contributed by atoms with Gasteiger partial charge in [-0.1, -0.05) is 12.1 Å². The molecule has 114 valence electrons. The first-order chi connectivity index (χ1) is 10.5. The number of nitrogens with one attached hydrogen (secondary N) is 1. The SMILES string of the molecule is COc1cccc(Cn2c(Br)nc3[nH]c(=O)n(C)c(=O)c32)c1. The van der Waals surface area contributed by atoms with Gasteiger partial charge in [0.15, 0.2) is 15.9 Å². The molecule has 0 radical (unpaired) electrons. The maximum Gasteiger partial charge on any atom is 0.329 e. The third-order valence-electron chi connectivity index (χ3n) is 3.43. The van der Waals surface area contributed by atoms with Crippen LogP contribution in [0.25, 0.3) is 11.2 Å². The zero-order chi connectivity index (χ0) is 15.9. The summed E-state index contributed by atoms with van der Waals surface area (Å²) in [5, 5.41) is 0. The average Bonchev–Trinajstić information content (AvgIpc) is 2.81. The molecule has 22 heavy (non-hydrogen) atoms. The molecule has 7 nitrogen and oxygen atoms in total. The van der Waals surface area contributed by atoms with Gasteiger partial charge in [-0.3, -0.25) is 14.3 Å². The lowest BCUT2D eigenvalue weighted by Crippen LogP contribution is -2.33. The summed E-state index contributed by atoms with van der Waals surface area (Å²) in [4.78, 5) is 30.8. The molecule has 2 heterocycles. The Morgan fingerprint density at radius 2 is 2.14 bits per heavy atom. The Morgan fingerprint density at radius 1 is 1.36 bits per heavy atom. The highest BCUT2D eigenvalue weighted by atomic mass is 79.9. The Labute approximate surface area is 133 Å². The number of halogens is 1. The molecule has 0 spiro atoms. The highest BCUT2D eigenvalue weighted by Crippen LogP contribution is 2.19.